The molecule has 108 valence electrons. The number of para-hydroxylation sites is 1. The molecule has 20 heavy (non-hydrogen) atoms. The van der Waals surface area contributed by atoms with E-state index in [1.165, 1.54) is 0 Å². The molecule has 1 atom stereocenters. The summed E-state index contributed by atoms with van der Waals surface area (Å²) in [6.45, 7) is 5.34. The summed E-state index contributed by atoms with van der Waals surface area (Å²) in [5.74, 6) is -0.136. The first-order chi connectivity index (χ1) is 9.61. The second-order valence-corrected chi connectivity index (χ2v) is 5.04. The van der Waals surface area contributed by atoms with Crippen molar-refractivity contribution in [2.75, 3.05) is 25.0 Å². The van der Waals surface area contributed by atoms with Gasteiger partial charge in [0.05, 0.1) is 12.6 Å². The number of aryl methyl sites for hydroxylation is 1. The number of hydrogen-bond acceptors (Lipinski definition) is 3. The van der Waals surface area contributed by atoms with E-state index in [1.807, 2.05) is 38.1 Å². The zero-order chi connectivity index (χ0) is 14.5. The van der Waals surface area contributed by atoms with Crippen LogP contribution in [0, 0.1) is 6.92 Å². The number of rotatable bonds is 4. The molecule has 1 aromatic carbocycles. The Morgan fingerprint density at radius 1 is 1.45 bits per heavy atom. The van der Waals surface area contributed by atoms with Crippen LogP contribution in [0.1, 0.15) is 18.9 Å². The third kappa shape index (κ3) is 3.36. The Kier molecular flexibility index (Phi) is 4.74. The Bertz CT molecular complexity index is 502. The van der Waals surface area contributed by atoms with E-state index < -0.39 is 0 Å². The fraction of sp³-hybridized carbons (Fsp3) is 0.467. The number of carbonyl (C=O) groups excluding carboxylic acids is 2. The number of benzene rings is 1. The molecule has 0 bridgehead atoms. The molecule has 1 heterocycles. The highest BCUT2D eigenvalue weighted by Crippen LogP contribution is 2.13. The van der Waals surface area contributed by atoms with Gasteiger partial charge in [0.1, 0.15) is 0 Å². The van der Waals surface area contributed by atoms with Crippen molar-refractivity contribution < 1.29 is 9.59 Å². The molecule has 0 aliphatic carbocycles. The third-order valence-corrected chi connectivity index (χ3v) is 3.54. The van der Waals surface area contributed by atoms with Gasteiger partial charge in [-0.05, 0) is 25.0 Å². The van der Waals surface area contributed by atoms with Crippen molar-refractivity contribution in [3.05, 3.63) is 29.8 Å². The summed E-state index contributed by atoms with van der Waals surface area (Å²) in [6, 6.07) is 7.46. The maximum absolute atomic E-state index is 12.1. The van der Waals surface area contributed by atoms with Crippen molar-refractivity contribution in [2.45, 2.75) is 26.3 Å². The number of piperazine rings is 1. The maximum Gasteiger partial charge on any atom is 0.244 e. The molecular formula is C15H21N3O2. The smallest absolute Gasteiger partial charge is 0.244 e. The lowest BCUT2D eigenvalue weighted by atomic mass is 10.1. The summed E-state index contributed by atoms with van der Waals surface area (Å²) in [6.07, 6.45) is 0.745. The second-order valence-electron chi connectivity index (χ2n) is 5.04. The van der Waals surface area contributed by atoms with Crippen LogP contribution in [0.4, 0.5) is 5.69 Å². The molecule has 0 saturated carbocycles. The van der Waals surface area contributed by atoms with Gasteiger partial charge >= 0.3 is 0 Å². The molecule has 1 aromatic rings. The molecule has 2 N–H and O–H groups in total. The van der Waals surface area contributed by atoms with Crippen LogP contribution in [-0.2, 0) is 9.59 Å². The Labute approximate surface area is 119 Å². The predicted octanol–water partition coefficient (Wildman–Crippen LogP) is 1.14. The van der Waals surface area contributed by atoms with E-state index in [0.29, 0.717) is 6.54 Å². The zero-order valence-electron chi connectivity index (χ0n) is 12.0. The zero-order valence-corrected chi connectivity index (χ0v) is 12.0. The van der Waals surface area contributed by atoms with Gasteiger partial charge in [-0.3, -0.25) is 9.59 Å². The van der Waals surface area contributed by atoms with Crippen LogP contribution in [0.2, 0.25) is 0 Å². The summed E-state index contributed by atoms with van der Waals surface area (Å²) in [7, 11) is 0. The van der Waals surface area contributed by atoms with Crippen molar-refractivity contribution >= 4 is 17.5 Å². The van der Waals surface area contributed by atoms with E-state index in [4.69, 9.17) is 0 Å². The molecule has 1 fully saturated rings. The lowest BCUT2D eigenvalue weighted by Crippen LogP contribution is -2.56. The summed E-state index contributed by atoms with van der Waals surface area (Å²) >= 11 is 0. The van der Waals surface area contributed by atoms with Crippen LogP contribution in [-0.4, -0.2) is 42.4 Å². The average molecular weight is 275 g/mol. The highest BCUT2D eigenvalue weighted by Gasteiger charge is 2.28. The standard InChI is InChI=1S/C15H21N3O2/c1-3-12-15(20)18(9-8-16-12)10-14(19)17-13-7-5-4-6-11(13)2/h4-7,12,16H,3,8-10H2,1-2H3,(H,17,19). The van der Waals surface area contributed by atoms with Crippen LogP contribution in [0.5, 0.6) is 0 Å². The van der Waals surface area contributed by atoms with Crippen LogP contribution >= 0.6 is 0 Å². The SMILES string of the molecule is CCC1NCCN(CC(=O)Nc2ccccc2C)C1=O. The molecule has 5 nitrogen and oxygen atoms in total. The van der Waals surface area contributed by atoms with Gasteiger partial charge in [-0.2, -0.15) is 0 Å². The molecule has 0 radical (unpaired) electrons. The topological polar surface area (TPSA) is 61.4 Å². The van der Waals surface area contributed by atoms with Crippen molar-refractivity contribution in [3.63, 3.8) is 0 Å². The number of anilines is 1. The van der Waals surface area contributed by atoms with Crippen molar-refractivity contribution in [2.24, 2.45) is 0 Å². The van der Waals surface area contributed by atoms with E-state index in [-0.39, 0.29) is 24.4 Å². The van der Waals surface area contributed by atoms with Crippen molar-refractivity contribution in [1.82, 2.24) is 10.2 Å². The first kappa shape index (κ1) is 14.5. The van der Waals surface area contributed by atoms with Crippen LogP contribution in [0.25, 0.3) is 0 Å². The molecule has 1 aliphatic heterocycles. The van der Waals surface area contributed by atoms with E-state index >= 15 is 0 Å². The number of nitrogens with one attached hydrogen (secondary N) is 2. The van der Waals surface area contributed by atoms with Crippen LogP contribution in [0.15, 0.2) is 24.3 Å². The monoisotopic (exact) mass is 275 g/mol. The summed E-state index contributed by atoms with van der Waals surface area (Å²) < 4.78 is 0. The molecule has 5 heteroatoms. The molecule has 1 unspecified atom stereocenters. The van der Waals surface area contributed by atoms with E-state index in [0.717, 1.165) is 24.2 Å². The minimum absolute atomic E-state index is 0.0127. The number of nitrogens with zero attached hydrogens (tertiary/aromatic N) is 1. The number of amides is 2. The van der Waals surface area contributed by atoms with Gasteiger partial charge < -0.3 is 15.5 Å². The predicted molar refractivity (Wildman–Crippen MR) is 78.5 cm³/mol. The normalized spacial score (nSPS) is 19.0. The van der Waals surface area contributed by atoms with Gasteiger partial charge in [0.2, 0.25) is 11.8 Å². The fourth-order valence-electron chi connectivity index (χ4n) is 2.34. The summed E-state index contributed by atoms with van der Waals surface area (Å²) in [5, 5.41) is 6.02. The molecule has 2 rings (SSSR count). The fourth-order valence-corrected chi connectivity index (χ4v) is 2.34. The van der Waals surface area contributed by atoms with Gasteiger partial charge in [-0.1, -0.05) is 25.1 Å². The van der Waals surface area contributed by atoms with Crippen LogP contribution in [0.3, 0.4) is 0 Å². The Balaban J connectivity index is 1.94. The first-order valence-electron chi connectivity index (χ1n) is 6.99. The largest absolute Gasteiger partial charge is 0.331 e. The molecule has 2 amide bonds. The first-order valence-corrected chi connectivity index (χ1v) is 6.99. The van der Waals surface area contributed by atoms with Crippen LogP contribution < -0.4 is 10.6 Å². The molecule has 0 aromatic heterocycles. The lowest BCUT2D eigenvalue weighted by Gasteiger charge is -2.32. The van der Waals surface area contributed by atoms with Gasteiger partial charge in [-0.25, -0.2) is 0 Å². The van der Waals surface area contributed by atoms with Gasteiger partial charge in [0, 0.05) is 18.8 Å². The second kappa shape index (κ2) is 6.52. The Morgan fingerprint density at radius 3 is 2.90 bits per heavy atom. The van der Waals surface area contributed by atoms with E-state index in [1.54, 1.807) is 4.90 Å². The minimum Gasteiger partial charge on any atom is -0.331 e. The molecule has 1 saturated heterocycles. The van der Waals surface area contributed by atoms with Gasteiger partial charge in [0.15, 0.2) is 0 Å². The number of hydrogen-bond donors (Lipinski definition) is 2. The maximum atomic E-state index is 12.1. The highest BCUT2D eigenvalue weighted by molar-refractivity contribution is 5.96. The quantitative estimate of drug-likeness (QED) is 0.866. The Hall–Kier alpha value is -1.88. The van der Waals surface area contributed by atoms with Crippen molar-refractivity contribution in [1.29, 1.82) is 0 Å². The van der Waals surface area contributed by atoms with Gasteiger partial charge in [-0.15, -0.1) is 0 Å². The minimum atomic E-state index is -0.157. The van der Waals surface area contributed by atoms with Gasteiger partial charge in [0.25, 0.3) is 0 Å². The van der Waals surface area contributed by atoms with E-state index in [2.05, 4.69) is 10.6 Å². The lowest BCUT2D eigenvalue weighted by molar-refractivity contribution is -0.138. The summed E-state index contributed by atoms with van der Waals surface area (Å²) in [5.41, 5.74) is 1.81. The average Bonchev–Trinajstić information content (AvgIpc) is 2.44. The number of carbonyl (C=O) groups is 2. The van der Waals surface area contributed by atoms with Crippen molar-refractivity contribution in [3.8, 4) is 0 Å². The molecular weight excluding hydrogens is 254 g/mol. The summed E-state index contributed by atoms with van der Waals surface area (Å²) in [4.78, 5) is 25.8. The third-order valence-electron chi connectivity index (χ3n) is 3.54. The molecule has 0 spiro atoms. The highest BCUT2D eigenvalue weighted by atomic mass is 16.2. The molecule has 1 aliphatic rings. The Morgan fingerprint density at radius 2 is 2.20 bits per heavy atom. The van der Waals surface area contributed by atoms with E-state index in [9.17, 15) is 9.59 Å².